The number of amides is 1. The maximum absolute atomic E-state index is 13.0. The van der Waals surface area contributed by atoms with Gasteiger partial charge in [-0.2, -0.15) is 4.31 Å². The fourth-order valence-electron chi connectivity index (χ4n) is 4.43. The van der Waals surface area contributed by atoms with E-state index in [-0.39, 0.29) is 28.5 Å². The highest BCUT2D eigenvalue weighted by Gasteiger charge is 2.25. The zero-order valence-corrected chi connectivity index (χ0v) is 21.1. The molecule has 186 valence electrons. The van der Waals surface area contributed by atoms with Gasteiger partial charge in [0.05, 0.1) is 16.3 Å². The van der Waals surface area contributed by atoms with E-state index in [1.54, 1.807) is 47.2 Å². The van der Waals surface area contributed by atoms with Crippen LogP contribution in [0, 0.1) is 6.92 Å². The van der Waals surface area contributed by atoms with Crippen LogP contribution in [0.5, 0.6) is 0 Å². The lowest BCUT2D eigenvalue weighted by Crippen LogP contribution is -2.31. The molecule has 2 aromatic carbocycles. The van der Waals surface area contributed by atoms with Gasteiger partial charge in [-0.15, -0.1) is 0 Å². The molecule has 9 heteroatoms. The quantitative estimate of drug-likeness (QED) is 0.541. The van der Waals surface area contributed by atoms with Crippen molar-refractivity contribution in [3.05, 3.63) is 76.2 Å². The first-order valence-corrected chi connectivity index (χ1v) is 13.5. The highest BCUT2D eigenvalue weighted by Crippen LogP contribution is 2.21. The molecule has 1 saturated heterocycles. The molecule has 2 heterocycles. The number of nitrogens with zero attached hydrogens (tertiary/aromatic N) is 3. The molecule has 8 nitrogen and oxygen atoms in total. The molecule has 0 aliphatic carbocycles. The van der Waals surface area contributed by atoms with Crippen LogP contribution in [0.3, 0.4) is 0 Å². The highest BCUT2D eigenvalue weighted by atomic mass is 32.2. The number of anilines is 1. The summed E-state index contributed by atoms with van der Waals surface area (Å²) in [5.74, 6) is -0.266. The van der Waals surface area contributed by atoms with Gasteiger partial charge in [0.15, 0.2) is 0 Å². The molecule has 1 aromatic heterocycles. The van der Waals surface area contributed by atoms with Gasteiger partial charge in [-0.1, -0.05) is 43.2 Å². The Kier molecular flexibility index (Phi) is 7.57. The third-order valence-electron chi connectivity index (χ3n) is 6.59. The topological polar surface area (TPSA) is 93.4 Å². The number of hydrogen-bond acceptors (Lipinski definition) is 4. The third kappa shape index (κ3) is 5.41. The van der Waals surface area contributed by atoms with Crippen LogP contribution in [0.25, 0.3) is 5.69 Å². The number of hydrogen-bond donors (Lipinski definition) is 1. The molecule has 0 unspecified atom stereocenters. The van der Waals surface area contributed by atoms with Gasteiger partial charge in [0.25, 0.3) is 5.56 Å². The van der Waals surface area contributed by atoms with E-state index in [9.17, 15) is 18.0 Å². The van der Waals surface area contributed by atoms with Crippen molar-refractivity contribution in [2.24, 2.45) is 7.05 Å². The summed E-state index contributed by atoms with van der Waals surface area (Å²) in [6.07, 6.45) is 4.53. The molecule has 0 radical (unpaired) electrons. The van der Waals surface area contributed by atoms with Crippen LogP contribution in [0.1, 0.15) is 43.4 Å². The van der Waals surface area contributed by atoms with Crippen LogP contribution < -0.4 is 10.9 Å². The van der Waals surface area contributed by atoms with E-state index >= 15 is 0 Å². The lowest BCUT2D eigenvalue weighted by Gasteiger charge is -2.20. The molecule has 3 aromatic rings. The molecule has 0 spiro atoms. The van der Waals surface area contributed by atoms with E-state index in [1.165, 1.54) is 4.68 Å². The number of benzene rings is 2. The van der Waals surface area contributed by atoms with Gasteiger partial charge in [-0.3, -0.25) is 14.3 Å². The number of para-hydroxylation sites is 1. The average molecular weight is 497 g/mol. The van der Waals surface area contributed by atoms with Gasteiger partial charge in [0.2, 0.25) is 15.9 Å². The van der Waals surface area contributed by atoms with E-state index < -0.39 is 10.0 Å². The van der Waals surface area contributed by atoms with Gasteiger partial charge in [0.1, 0.15) is 5.69 Å². The van der Waals surface area contributed by atoms with Crippen LogP contribution in [-0.4, -0.2) is 41.1 Å². The zero-order chi connectivity index (χ0) is 25.0. The molecule has 1 amide bonds. The number of aryl methyl sites for hydroxylation is 1. The van der Waals surface area contributed by atoms with Gasteiger partial charge in [0, 0.05) is 26.6 Å². The normalized spacial score (nSPS) is 15.0. The maximum atomic E-state index is 13.0. The Balaban J connectivity index is 1.40. The lowest BCUT2D eigenvalue weighted by molar-refractivity contribution is -0.116. The first-order chi connectivity index (χ1) is 16.8. The number of rotatable bonds is 7. The molecule has 0 saturated carbocycles. The second-order valence-corrected chi connectivity index (χ2v) is 10.9. The SMILES string of the molecule is Cc1c(NC(=O)CCc2ccc(S(=O)(=O)N3CCCCCC3)cc2)c(=O)n(-c2ccccc2)n1C. The summed E-state index contributed by atoms with van der Waals surface area (Å²) < 4.78 is 30.7. The molecule has 1 fully saturated rings. The van der Waals surface area contributed by atoms with E-state index in [1.807, 2.05) is 30.3 Å². The molecular weight excluding hydrogens is 464 g/mol. The van der Waals surface area contributed by atoms with Crippen molar-refractivity contribution >= 4 is 21.6 Å². The Labute approximate surface area is 206 Å². The molecule has 0 atom stereocenters. The van der Waals surface area contributed by atoms with Crippen molar-refractivity contribution in [2.45, 2.75) is 50.3 Å². The molecule has 1 aliphatic rings. The minimum Gasteiger partial charge on any atom is -0.320 e. The minimum atomic E-state index is -3.49. The van der Waals surface area contributed by atoms with Gasteiger partial charge < -0.3 is 5.32 Å². The van der Waals surface area contributed by atoms with Crippen LogP contribution in [-0.2, 0) is 28.3 Å². The Hall–Kier alpha value is -3.17. The van der Waals surface area contributed by atoms with Crippen molar-refractivity contribution in [1.29, 1.82) is 0 Å². The zero-order valence-electron chi connectivity index (χ0n) is 20.2. The highest BCUT2D eigenvalue weighted by molar-refractivity contribution is 7.89. The first kappa shape index (κ1) is 24.9. The summed E-state index contributed by atoms with van der Waals surface area (Å²) in [7, 11) is -1.72. The molecule has 4 rings (SSSR count). The number of carbonyl (C=O) groups is 1. The fraction of sp³-hybridized carbons (Fsp3) is 0.385. The standard InChI is InChI=1S/C26H32N4O4S/c1-20-25(26(32)30(28(20)2)22-10-6-5-7-11-22)27-24(31)17-14-21-12-15-23(16-13-21)35(33,34)29-18-8-3-4-9-19-29/h5-7,10-13,15-16H,3-4,8-9,14,17-19H2,1-2H3,(H,27,31). The molecule has 35 heavy (non-hydrogen) atoms. The average Bonchev–Trinajstić information content (AvgIpc) is 3.07. The van der Waals surface area contributed by atoms with Crippen LogP contribution in [0.2, 0.25) is 0 Å². The van der Waals surface area contributed by atoms with Crippen molar-refractivity contribution in [1.82, 2.24) is 13.7 Å². The Morgan fingerprint density at radius 1 is 0.943 bits per heavy atom. The second-order valence-electron chi connectivity index (χ2n) is 8.95. The summed E-state index contributed by atoms with van der Waals surface area (Å²) in [6.45, 7) is 2.92. The van der Waals surface area contributed by atoms with E-state index in [4.69, 9.17) is 0 Å². The molecule has 1 N–H and O–H groups in total. The maximum Gasteiger partial charge on any atom is 0.295 e. The minimum absolute atomic E-state index is 0.178. The fourth-order valence-corrected chi connectivity index (χ4v) is 5.95. The van der Waals surface area contributed by atoms with E-state index in [0.29, 0.717) is 25.2 Å². The molecule has 1 aliphatic heterocycles. The smallest absolute Gasteiger partial charge is 0.295 e. The third-order valence-corrected chi connectivity index (χ3v) is 8.50. The van der Waals surface area contributed by atoms with Crippen molar-refractivity contribution in [2.75, 3.05) is 18.4 Å². The summed E-state index contributed by atoms with van der Waals surface area (Å²) in [6, 6.07) is 16.0. The largest absolute Gasteiger partial charge is 0.320 e. The van der Waals surface area contributed by atoms with Crippen LogP contribution in [0.4, 0.5) is 5.69 Å². The predicted molar refractivity (Wildman–Crippen MR) is 136 cm³/mol. The van der Waals surface area contributed by atoms with E-state index in [2.05, 4.69) is 5.32 Å². The van der Waals surface area contributed by atoms with Gasteiger partial charge in [-0.05, 0) is 56.0 Å². The number of aromatic nitrogens is 2. The molecule has 0 bridgehead atoms. The number of carbonyl (C=O) groups excluding carboxylic acids is 1. The summed E-state index contributed by atoms with van der Waals surface area (Å²) in [5, 5.41) is 2.77. The van der Waals surface area contributed by atoms with Crippen molar-refractivity contribution < 1.29 is 13.2 Å². The van der Waals surface area contributed by atoms with E-state index in [0.717, 1.165) is 36.9 Å². The second kappa shape index (κ2) is 10.6. The van der Waals surface area contributed by atoms with Gasteiger partial charge in [-0.25, -0.2) is 13.1 Å². The number of nitrogens with one attached hydrogen (secondary N) is 1. The lowest BCUT2D eigenvalue weighted by atomic mass is 10.1. The summed E-state index contributed by atoms with van der Waals surface area (Å²) >= 11 is 0. The Bertz CT molecular complexity index is 1330. The van der Waals surface area contributed by atoms with Crippen LogP contribution >= 0.6 is 0 Å². The Morgan fingerprint density at radius 2 is 1.57 bits per heavy atom. The Morgan fingerprint density at radius 3 is 2.20 bits per heavy atom. The van der Waals surface area contributed by atoms with Crippen molar-refractivity contribution in [3.8, 4) is 5.69 Å². The first-order valence-electron chi connectivity index (χ1n) is 12.0. The monoisotopic (exact) mass is 496 g/mol. The molecular formula is C26H32N4O4S. The van der Waals surface area contributed by atoms with Crippen LogP contribution in [0.15, 0.2) is 64.3 Å². The summed E-state index contributed by atoms with van der Waals surface area (Å²) in [5.41, 5.74) is 2.23. The van der Waals surface area contributed by atoms with Gasteiger partial charge >= 0.3 is 0 Å². The summed E-state index contributed by atoms with van der Waals surface area (Å²) in [4.78, 5) is 25.9. The predicted octanol–water partition coefficient (Wildman–Crippen LogP) is 3.62. The number of sulfonamides is 1. The van der Waals surface area contributed by atoms with Crippen molar-refractivity contribution in [3.63, 3.8) is 0 Å².